The monoisotopic (exact) mass is 474 g/mol. The number of fused-ring (bicyclic) bond motifs is 2. The van der Waals surface area contributed by atoms with E-state index in [2.05, 4.69) is 26.1 Å². The molecule has 35 heavy (non-hydrogen) atoms. The number of carbonyl (C=O) groups excluding carboxylic acids is 2. The van der Waals surface area contributed by atoms with Crippen molar-refractivity contribution in [1.82, 2.24) is 4.98 Å². The Kier molecular flexibility index (Phi) is 7.39. The molecule has 0 saturated heterocycles. The van der Waals surface area contributed by atoms with Crippen molar-refractivity contribution in [1.29, 1.82) is 0 Å². The van der Waals surface area contributed by atoms with Crippen molar-refractivity contribution in [3.8, 4) is 5.75 Å². The van der Waals surface area contributed by atoms with Crippen LogP contribution >= 0.6 is 0 Å². The lowest BCUT2D eigenvalue weighted by Crippen LogP contribution is -2.31. The van der Waals surface area contributed by atoms with Gasteiger partial charge in [-0.2, -0.15) is 0 Å². The smallest absolute Gasteiger partial charge is 0.339 e. The molecule has 1 aliphatic carbocycles. The highest BCUT2D eigenvalue weighted by molar-refractivity contribution is 6.06. The fraction of sp³-hybridized carbons (Fsp3) is 0.414. The number of nitrogens with zero attached hydrogens (tertiary/aromatic N) is 1. The average Bonchev–Trinajstić information content (AvgIpc) is 2.86. The van der Waals surface area contributed by atoms with Gasteiger partial charge >= 0.3 is 5.97 Å². The molecule has 6 nitrogen and oxygen atoms in total. The fourth-order valence-corrected chi connectivity index (χ4v) is 4.78. The van der Waals surface area contributed by atoms with Crippen LogP contribution in [0.25, 0.3) is 10.9 Å². The number of para-hydroxylation sites is 1. The Bertz CT molecular complexity index is 1220. The molecular weight excluding hydrogens is 440 g/mol. The van der Waals surface area contributed by atoms with Crippen molar-refractivity contribution in [3.05, 3.63) is 65.4 Å². The van der Waals surface area contributed by atoms with Gasteiger partial charge in [0, 0.05) is 16.8 Å². The molecule has 184 valence electrons. The summed E-state index contributed by atoms with van der Waals surface area (Å²) < 4.78 is 11.0. The third kappa shape index (κ3) is 5.47. The standard InChI is InChI=1S/C29H34N2O4/c1-5-29(3,4)19-11-16-25-23(17-19)27(22-9-7-8-10-24(22)31-25)28(33)35-18-26(32)30-20-12-14-21(15-13-20)34-6-2/h7-10,12-15,19H,5-6,11,16-18H2,1-4H3,(H,30,32). The van der Waals surface area contributed by atoms with Gasteiger partial charge in [0.05, 0.1) is 17.7 Å². The summed E-state index contributed by atoms with van der Waals surface area (Å²) in [6.07, 6.45) is 3.75. The Balaban J connectivity index is 1.54. The van der Waals surface area contributed by atoms with Gasteiger partial charge in [-0.1, -0.05) is 45.4 Å². The highest BCUT2D eigenvalue weighted by atomic mass is 16.5. The molecule has 0 fully saturated rings. The fourth-order valence-electron chi connectivity index (χ4n) is 4.78. The van der Waals surface area contributed by atoms with Crippen molar-refractivity contribution in [3.63, 3.8) is 0 Å². The number of ether oxygens (including phenoxy) is 2. The van der Waals surface area contributed by atoms with E-state index in [4.69, 9.17) is 14.5 Å². The van der Waals surface area contributed by atoms with E-state index in [1.165, 1.54) is 0 Å². The lowest BCUT2D eigenvalue weighted by molar-refractivity contribution is -0.119. The van der Waals surface area contributed by atoms with E-state index in [0.717, 1.165) is 53.6 Å². The molecule has 6 heteroatoms. The molecule has 0 aliphatic heterocycles. The van der Waals surface area contributed by atoms with Gasteiger partial charge in [0.25, 0.3) is 5.91 Å². The first kappa shape index (κ1) is 24.7. The maximum atomic E-state index is 13.4. The van der Waals surface area contributed by atoms with Crippen LogP contribution in [0.2, 0.25) is 0 Å². The largest absolute Gasteiger partial charge is 0.494 e. The molecule has 1 heterocycles. The molecule has 3 aromatic rings. The molecule has 1 N–H and O–H groups in total. The first-order chi connectivity index (χ1) is 16.8. The zero-order chi connectivity index (χ0) is 25.0. The summed E-state index contributed by atoms with van der Waals surface area (Å²) in [7, 11) is 0. The lowest BCUT2D eigenvalue weighted by atomic mass is 9.68. The van der Waals surface area contributed by atoms with Crippen LogP contribution in [0.4, 0.5) is 5.69 Å². The van der Waals surface area contributed by atoms with Crippen LogP contribution in [0.15, 0.2) is 48.5 Å². The van der Waals surface area contributed by atoms with Gasteiger partial charge in [-0.25, -0.2) is 4.79 Å². The summed E-state index contributed by atoms with van der Waals surface area (Å²) in [5.74, 6) is 0.324. The summed E-state index contributed by atoms with van der Waals surface area (Å²) in [6.45, 7) is 8.93. The van der Waals surface area contributed by atoms with Crippen molar-refractivity contribution < 1.29 is 19.1 Å². The third-order valence-electron chi connectivity index (χ3n) is 7.26. The molecule has 1 aliphatic rings. The van der Waals surface area contributed by atoms with E-state index in [1.54, 1.807) is 24.3 Å². The van der Waals surface area contributed by atoms with Crippen LogP contribution in [-0.2, 0) is 22.4 Å². The van der Waals surface area contributed by atoms with Crippen LogP contribution < -0.4 is 10.1 Å². The quantitative estimate of drug-likeness (QED) is 0.407. The van der Waals surface area contributed by atoms with E-state index in [0.29, 0.717) is 23.8 Å². The SMILES string of the molecule is CCOc1ccc(NC(=O)COC(=O)c2c3c(nc4ccccc24)CCC(C(C)(C)CC)C3)cc1. The summed E-state index contributed by atoms with van der Waals surface area (Å²) in [6, 6.07) is 14.7. The van der Waals surface area contributed by atoms with Gasteiger partial charge in [0.15, 0.2) is 6.61 Å². The number of nitrogens with one attached hydrogen (secondary N) is 1. The molecule has 0 bridgehead atoms. The normalized spacial score (nSPS) is 15.4. The number of pyridine rings is 1. The Morgan fingerprint density at radius 3 is 2.54 bits per heavy atom. The summed E-state index contributed by atoms with van der Waals surface area (Å²) in [5.41, 5.74) is 4.06. The number of anilines is 1. The van der Waals surface area contributed by atoms with Crippen LogP contribution in [-0.4, -0.2) is 30.1 Å². The van der Waals surface area contributed by atoms with Gasteiger partial charge in [0.2, 0.25) is 0 Å². The minimum absolute atomic E-state index is 0.169. The van der Waals surface area contributed by atoms with Gasteiger partial charge in [-0.3, -0.25) is 9.78 Å². The molecule has 1 aromatic heterocycles. The molecule has 2 aromatic carbocycles. The molecule has 0 radical (unpaired) electrons. The molecular formula is C29H34N2O4. The highest BCUT2D eigenvalue weighted by Gasteiger charge is 2.34. The second-order valence-electron chi connectivity index (χ2n) is 9.79. The van der Waals surface area contributed by atoms with Crippen molar-refractivity contribution >= 4 is 28.5 Å². The van der Waals surface area contributed by atoms with Gasteiger partial charge in [-0.15, -0.1) is 0 Å². The summed E-state index contributed by atoms with van der Waals surface area (Å²) in [4.78, 5) is 30.8. The van der Waals surface area contributed by atoms with Crippen LogP contribution in [0.3, 0.4) is 0 Å². The zero-order valence-corrected chi connectivity index (χ0v) is 21.0. The predicted molar refractivity (Wildman–Crippen MR) is 138 cm³/mol. The predicted octanol–water partition coefficient (Wildman–Crippen LogP) is 5.97. The maximum Gasteiger partial charge on any atom is 0.339 e. The van der Waals surface area contributed by atoms with Crippen LogP contribution in [0, 0.1) is 11.3 Å². The molecule has 1 amide bonds. The second-order valence-corrected chi connectivity index (χ2v) is 9.79. The van der Waals surface area contributed by atoms with Crippen LogP contribution in [0.5, 0.6) is 5.75 Å². The van der Waals surface area contributed by atoms with E-state index >= 15 is 0 Å². The Labute approximate surface area is 207 Å². The first-order valence-electron chi connectivity index (χ1n) is 12.4. The van der Waals surface area contributed by atoms with E-state index < -0.39 is 5.97 Å². The van der Waals surface area contributed by atoms with Crippen LogP contribution in [0.1, 0.15) is 62.2 Å². The molecule has 1 atom stereocenters. The number of esters is 1. The molecule has 1 unspecified atom stereocenters. The number of carbonyl (C=O) groups is 2. The van der Waals surface area contributed by atoms with Gasteiger partial charge < -0.3 is 14.8 Å². The average molecular weight is 475 g/mol. The topological polar surface area (TPSA) is 77.5 Å². The Hall–Kier alpha value is -3.41. The van der Waals surface area contributed by atoms with E-state index in [9.17, 15) is 9.59 Å². The van der Waals surface area contributed by atoms with E-state index in [-0.39, 0.29) is 17.9 Å². The Morgan fingerprint density at radius 1 is 1.09 bits per heavy atom. The van der Waals surface area contributed by atoms with Gasteiger partial charge in [-0.05, 0) is 73.4 Å². The van der Waals surface area contributed by atoms with Gasteiger partial charge in [0.1, 0.15) is 5.75 Å². The third-order valence-corrected chi connectivity index (χ3v) is 7.26. The summed E-state index contributed by atoms with van der Waals surface area (Å²) >= 11 is 0. The molecule has 0 spiro atoms. The molecule has 4 rings (SSSR count). The zero-order valence-electron chi connectivity index (χ0n) is 21.0. The lowest BCUT2D eigenvalue weighted by Gasteiger charge is -2.37. The Morgan fingerprint density at radius 2 is 1.83 bits per heavy atom. The second kappa shape index (κ2) is 10.5. The minimum Gasteiger partial charge on any atom is -0.494 e. The number of benzene rings is 2. The number of aryl methyl sites for hydroxylation is 1. The maximum absolute atomic E-state index is 13.4. The summed E-state index contributed by atoms with van der Waals surface area (Å²) in [5, 5.41) is 3.54. The highest BCUT2D eigenvalue weighted by Crippen LogP contribution is 2.41. The number of hydrogen-bond acceptors (Lipinski definition) is 5. The number of rotatable bonds is 8. The first-order valence-corrected chi connectivity index (χ1v) is 12.4. The number of aromatic nitrogens is 1. The van der Waals surface area contributed by atoms with E-state index in [1.807, 2.05) is 31.2 Å². The van der Waals surface area contributed by atoms with Crippen molar-refractivity contribution in [2.45, 2.75) is 53.4 Å². The number of hydrogen-bond donors (Lipinski definition) is 1. The van der Waals surface area contributed by atoms with Crippen molar-refractivity contribution in [2.24, 2.45) is 11.3 Å². The minimum atomic E-state index is -0.475. The molecule has 0 saturated carbocycles. The van der Waals surface area contributed by atoms with Crippen molar-refractivity contribution in [2.75, 3.05) is 18.5 Å². The number of amides is 1.